The molecule has 1 heterocycles. The fraction of sp³-hybridized carbons (Fsp3) is 0.105. The van der Waals surface area contributed by atoms with Crippen molar-refractivity contribution in [2.75, 3.05) is 0 Å². The molecule has 6 heteroatoms. The zero-order chi connectivity index (χ0) is 17.8. The molecule has 0 aliphatic carbocycles. The SMILES string of the molecule is C/C(=N\NC(=O)c1cc(-c2ccc(Cl)cc2)n[nH]1)c1ccc(C)cc1. The predicted octanol–water partition coefficient (Wildman–Crippen LogP) is 4.19. The van der Waals surface area contributed by atoms with Crippen molar-refractivity contribution in [1.29, 1.82) is 0 Å². The Hall–Kier alpha value is -2.92. The lowest BCUT2D eigenvalue weighted by Crippen LogP contribution is -2.19. The topological polar surface area (TPSA) is 70.1 Å². The largest absolute Gasteiger partial charge is 0.289 e. The van der Waals surface area contributed by atoms with E-state index in [-0.39, 0.29) is 5.91 Å². The lowest BCUT2D eigenvalue weighted by Gasteiger charge is -2.02. The molecule has 1 amide bonds. The van der Waals surface area contributed by atoms with Gasteiger partial charge in [-0.25, -0.2) is 5.43 Å². The summed E-state index contributed by atoms with van der Waals surface area (Å²) in [6.07, 6.45) is 0. The van der Waals surface area contributed by atoms with Gasteiger partial charge in [-0.1, -0.05) is 53.6 Å². The average Bonchev–Trinajstić information content (AvgIpc) is 3.11. The molecule has 2 aromatic carbocycles. The first kappa shape index (κ1) is 16.9. The van der Waals surface area contributed by atoms with E-state index in [0.29, 0.717) is 16.4 Å². The minimum atomic E-state index is -0.348. The van der Waals surface area contributed by atoms with E-state index in [0.717, 1.165) is 16.8 Å². The number of nitrogens with zero attached hydrogens (tertiary/aromatic N) is 2. The van der Waals surface area contributed by atoms with Gasteiger partial charge >= 0.3 is 0 Å². The Morgan fingerprint density at radius 2 is 1.80 bits per heavy atom. The van der Waals surface area contributed by atoms with Gasteiger partial charge in [0.05, 0.1) is 11.4 Å². The van der Waals surface area contributed by atoms with Crippen LogP contribution in [-0.2, 0) is 0 Å². The number of aryl methyl sites for hydroxylation is 1. The van der Waals surface area contributed by atoms with E-state index in [1.54, 1.807) is 18.2 Å². The number of carbonyl (C=O) groups excluding carboxylic acids is 1. The molecule has 25 heavy (non-hydrogen) atoms. The van der Waals surface area contributed by atoms with Gasteiger partial charge in [0.1, 0.15) is 5.69 Å². The molecule has 0 atom stereocenters. The third-order valence-corrected chi connectivity index (χ3v) is 4.01. The first-order valence-electron chi connectivity index (χ1n) is 7.76. The van der Waals surface area contributed by atoms with E-state index in [1.807, 2.05) is 50.2 Å². The number of halogens is 1. The molecular formula is C19H17ClN4O. The maximum atomic E-state index is 12.2. The molecule has 0 aliphatic heterocycles. The third kappa shape index (κ3) is 4.14. The molecule has 0 fully saturated rings. The average molecular weight is 353 g/mol. The number of hydrogen-bond donors (Lipinski definition) is 2. The van der Waals surface area contributed by atoms with E-state index < -0.39 is 0 Å². The molecule has 126 valence electrons. The van der Waals surface area contributed by atoms with Gasteiger partial charge in [-0.05, 0) is 37.6 Å². The summed E-state index contributed by atoms with van der Waals surface area (Å²) in [6, 6.07) is 16.9. The fourth-order valence-corrected chi connectivity index (χ4v) is 2.39. The van der Waals surface area contributed by atoms with Crippen LogP contribution in [0.4, 0.5) is 0 Å². The van der Waals surface area contributed by atoms with Gasteiger partial charge in [0.15, 0.2) is 0 Å². The Morgan fingerprint density at radius 3 is 2.48 bits per heavy atom. The van der Waals surface area contributed by atoms with Crippen molar-refractivity contribution in [3.8, 4) is 11.3 Å². The molecule has 1 aromatic heterocycles. The molecule has 0 spiro atoms. The normalized spacial score (nSPS) is 11.4. The first-order chi connectivity index (χ1) is 12.0. The van der Waals surface area contributed by atoms with Crippen molar-refractivity contribution in [3.63, 3.8) is 0 Å². The maximum Gasteiger partial charge on any atom is 0.289 e. The lowest BCUT2D eigenvalue weighted by atomic mass is 10.1. The highest BCUT2D eigenvalue weighted by Gasteiger charge is 2.10. The molecular weight excluding hydrogens is 336 g/mol. The molecule has 0 radical (unpaired) electrons. The van der Waals surface area contributed by atoms with Gasteiger partial charge < -0.3 is 0 Å². The van der Waals surface area contributed by atoms with Gasteiger partial charge in [-0.3, -0.25) is 9.89 Å². The van der Waals surface area contributed by atoms with E-state index >= 15 is 0 Å². The van der Waals surface area contributed by atoms with Crippen LogP contribution in [-0.4, -0.2) is 21.8 Å². The minimum Gasteiger partial charge on any atom is -0.272 e. The number of rotatable bonds is 4. The number of carbonyl (C=O) groups is 1. The first-order valence-corrected chi connectivity index (χ1v) is 8.14. The molecule has 2 N–H and O–H groups in total. The standard InChI is InChI=1S/C19H17ClN4O/c1-12-3-5-14(6-4-12)13(2)21-24-19(25)18-11-17(22-23-18)15-7-9-16(20)10-8-15/h3-11H,1-2H3,(H,22,23)(H,24,25)/b21-13+. The van der Waals surface area contributed by atoms with Crippen molar-refractivity contribution in [3.05, 3.63) is 76.4 Å². The molecule has 3 aromatic rings. The Labute approximate surface area is 150 Å². The van der Waals surface area contributed by atoms with Crippen LogP contribution in [0.25, 0.3) is 11.3 Å². The lowest BCUT2D eigenvalue weighted by molar-refractivity contribution is 0.0950. The van der Waals surface area contributed by atoms with Gasteiger partial charge in [-0.2, -0.15) is 10.2 Å². The van der Waals surface area contributed by atoms with E-state index in [9.17, 15) is 4.79 Å². The summed E-state index contributed by atoms with van der Waals surface area (Å²) in [7, 11) is 0. The summed E-state index contributed by atoms with van der Waals surface area (Å²) in [6.45, 7) is 3.87. The molecule has 3 rings (SSSR count). The van der Waals surface area contributed by atoms with E-state index in [1.165, 1.54) is 5.56 Å². The zero-order valence-corrected chi connectivity index (χ0v) is 14.6. The van der Waals surface area contributed by atoms with Crippen molar-refractivity contribution in [2.45, 2.75) is 13.8 Å². The number of aromatic nitrogens is 2. The number of H-pyrrole nitrogens is 1. The quantitative estimate of drug-likeness (QED) is 0.546. The summed E-state index contributed by atoms with van der Waals surface area (Å²) < 4.78 is 0. The summed E-state index contributed by atoms with van der Waals surface area (Å²) >= 11 is 5.88. The molecule has 0 unspecified atom stereocenters. The van der Waals surface area contributed by atoms with Crippen LogP contribution in [0, 0.1) is 6.92 Å². The Morgan fingerprint density at radius 1 is 1.12 bits per heavy atom. The molecule has 5 nitrogen and oxygen atoms in total. The van der Waals surface area contributed by atoms with Gasteiger partial charge in [0, 0.05) is 10.6 Å². The van der Waals surface area contributed by atoms with Crippen LogP contribution in [0.2, 0.25) is 5.02 Å². The van der Waals surface area contributed by atoms with E-state index in [4.69, 9.17) is 11.6 Å². The molecule has 0 saturated heterocycles. The fourth-order valence-electron chi connectivity index (χ4n) is 2.26. The van der Waals surface area contributed by atoms with Crippen molar-refractivity contribution in [2.24, 2.45) is 5.10 Å². The number of benzene rings is 2. The van der Waals surface area contributed by atoms with Crippen molar-refractivity contribution >= 4 is 23.2 Å². The minimum absolute atomic E-state index is 0.338. The maximum absolute atomic E-state index is 12.2. The van der Waals surface area contributed by atoms with E-state index in [2.05, 4.69) is 20.7 Å². The third-order valence-electron chi connectivity index (χ3n) is 3.76. The summed E-state index contributed by atoms with van der Waals surface area (Å²) in [5, 5.41) is 11.7. The number of hydrazone groups is 1. The molecule has 0 bridgehead atoms. The Balaban J connectivity index is 1.70. The number of hydrogen-bond acceptors (Lipinski definition) is 3. The van der Waals surface area contributed by atoms with Crippen LogP contribution >= 0.6 is 11.6 Å². The van der Waals surface area contributed by atoms with Crippen molar-refractivity contribution in [1.82, 2.24) is 15.6 Å². The highest BCUT2D eigenvalue weighted by Crippen LogP contribution is 2.20. The second-order valence-electron chi connectivity index (χ2n) is 5.68. The van der Waals surface area contributed by atoms with Crippen LogP contribution in [0.15, 0.2) is 59.7 Å². The predicted molar refractivity (Wildman–Crippen MR) is 99.9 cm³/mol. The number of nitrogens with one attached hydrogen (secondary N) is 2. The highest BCUT2D eigenvalue weighted by molar-refractivity contribution is 6.30. The van der Waals surface area contributed by atoms with Gasteiger partial charge in [0.2, 0.25) is 0 Å². The van der Waals surface area contributed by atoms with Crippen LogP contribution < -0.4 is 5.43 Å². The zero-order valence-electron chi connectivity index (χ0n) is 13.9. The Kier molecular flexibility index (Phi) is 4.95. The van der Waals surface area contributed by atoms with Gasteiger partial charge in [-0.15, -0.1) is 0 Å². The molecule has 0 aliphatic rings. The van der Waals surface area contributed by atoms with Crippen LogP contribution in [0.1, 0.15) is 28.5 Å². The number of aromatic amines is 1. The monoisotopic (exact) mass is 352 g/mol. The second kappa shape index (κ2) is 7.32. The van der Waals surface area contributed by atoms with Crippen molar-refractivity contribution < 1.29 is 4.79 Å². The van der Waals surface area contributed by atoms with Gasteiger partial charge in [0.25, 0.3) is 5.91 Å². The van der Waals surface area contributed by atoms with Crippen LogP contribution in [0.3, 0.4) is 0 Å². The molecule has 0 saturated carbocycles. The number of amides is 1. The summed E-state index contributed by atoms with van der Waals surface area (Å²) in [5.74, 6) is -0.348. The Bertz CT molecular complexity index is 911. The summed E-state index contributed by atoms with van der Waals surface area (Å²) in [5.41, 5.74) is 7.28. The smallest absolute Gasteiger partial charge is 0.272 e. The highest BCUT2D eigenvalue weighted by atomic mass is 35.5. The second-order valence-corrected chi connectivity index (χ2v) is 6.11. The summed E-state index contributed by atoms with van der Waals surface area (Å²) in [4.78, 5) is 12.2. The van der Waals surface area contributed by atoms with Crippen LogP contribution in [0.5, 0.6) is 0 Å².